The third kappa shape index (κ3) is 4.66. The Morgan fingerprint density at radius 2 is 1.77 bits per heavy atom. The van der Waals surface area contributed by atoms with Crippen molar-refractivity contribution < 1.29 is 0 Å². The first kappa shape index (κ1) is 13.0. The van der Waals surface area contributed by atoms with Crippen molar-refractivity contribution in [2.24, 2.45) is 5.92 Å². The van der Waals surface area contributed by atoms with Crippen LogP contribution in [0.2, 0.25) is 0 Å². The lowest BCUT2D eigenvalue weighted by Gasteiger charge is -2.20. The second kappa shape index (κ2) is 7.37. The molecule has 13 heavy (non-hydrogen) atoms. The van der Waals surface area contributed by atoms with Crippen molar-refractivity contribution in [2.75, 3.05) is 13.6 Å². The van der Waals surface area contributed by atoms with Crippen LogP contribution in [0.1, 0.15) is 53.4 Å². The van der Waals surface area contributed by atoms with Gasteiger partial charge in [-0.3, -0.25) is 0 Å². The standard InChI is InChI=1S/C10H21N.C2H6/c1-4-10-6-5-9(2)11(3)8-7-10;1-2/h9-10H,4-8H2,1-3H3;1-2H3. The molecule has 0 bridgehead atoms. The van der Waals surface area contributed by atoms with Gasteiger partial charge in [0, 0.05) is 6.04 Å². The lowest BCUT2D eigenvalue weighted by atomic mass is 9.97. The van der Waals surface area contributed by atoms with Gasteiger partial charge in [-0.2, -0.15) is 0 Å². The normalized spacial score (nSPS) is 30.2. The van der Waals surface area contributed by atoms with E-state index in [9.17, 15) is 0 Å². The second-order valence-electron chi connectivity index (χ2n) is 3.97. The van der Waals surface area contributed by atoms with Gasteiger partial charge in [-0.1, -0.05) is 27.2 Å². The molecule has 2 atom stereocenters. The number of hydrogen-bond acceptors (Lipinski definition) is 1. The zero-order valence-electron chi connectivity index (χ0n) is 10.1. The molecule has 0 saturated carbocycles. The SMILES string of the molecule is CC.CCC1CCC(C)N(C)CC1. The van der Waals surface area contributed by atoms with E-state index in [4.69, 9.17) is 0 Å². The number of likely N-dealkylation sites (tertiary alicyclic amines) is 1. The van der Waals surface area contributed by atoms with Gasteiger partial charge in [0.25, 0.3) is 0 Å². The number of nitrogens with zero attached hydrogens (tertiary/aromatic N) is 1. The Bertz CT molecular complexity index is 99.7. The summed E-state index contributed by atoms with van der Waals surface area (Å²) in [5.41, 5.74) is 0. The monoisotopic (exact) mass is 185 g/mol. The molecule has 0 spiro atoms. The maximum atomic E-state index is 2.50. The summed E-state index contributed by atoms with van der Waals surface area (Å²) in [7, 11) is 2.25. The van der Waals surface area contributed by atoms with Crippen LogP contribution >= 0.6 is 0 Å². The van der Waals surface area contributed by atoms with Gasteiger partial charge in [-0.25, -0.2) is 0 Å². The molecule has 1 heterocycles. The Balaban J connectivity index is 0.000000671. The van der Waals surface area contributed by atoms with Crippen LogP contribution in [-0.4, -0.2) is 24.5 Å². The molecule has 0 radical (unpaired) electrons. The molecule has 2 unspecified atom stereocenters. The van der Waals surface area contributed by atoms with E-state index in [1.807, 2.05) is 13.8 Å². The average molecular weight is 185 g/mol. The molecule has 1 nitrogen and oxygen atoms in total. The topological polar surface area (TPSA) is 3.24 Å². The van der Waals surface area contributed by atoms with E-state index >= 15 is 0 Å². The minimum Gasteiger partial charge on any atom is -0.304 e. The molecule has 0 aliphatic carbocycles. The predicted octanol–water partition coefficient (Wildman–Crippen LogP) is 3.54. The minimum absolute atomic E-state index is 0.812. The molecule has 1 aliphatic heterocycles. The smallest absolute Gasteiger partial charge is 0.00639 e. The molecule has 1 rings (SSSR count). The summed E-state index contributed by atoms with van der Waals surface area (Å²) in [6, 6.07) is 0.812. The number of hydrogen-bond donors (Lipinski definition) is 0. The summed E-state index contributed by atoms with van der Waals surface area (Å²) in [5.74, 6) is 1.00. The summed E-state index contributed by atoms with van der Waals surface area (Å²) < 4.78 is 0. The van der Waals surface area contributed by atoms with Crippen LogP contribution < -0.4 is 0 Å². The Kier molecular flexibility index (Phi) is 7.35. The maximum absolute atomic E-state index is 2.50. The van der Waals surface area contributed by atoms with Crippen molar-refractivity contribution in [3.63, 3.8) is 0 Å². The lowest BCUT2D eigenvalue weighted by molar-refractivity contribution is 0.263. The molecule has 0 aromatic carbocycles. The van der Waals surface area contributed by atoms with Crippen molar-refractivity contribution in [2.45, 2.75) is 59.4 Å². The van der Waals surface area contributed by atoms with Crippen LogP contribution in [0.4, 0.5) is 0 Å². The van der Waals surface area contributed by atoms with Crippen molar-refractivity contribution in [1.82, 2.24) is 4.90 Å². The van der Waals surface area contributed by atoms with E-state index in [-0.39, 0.29) is 0 Å². The van der Waals surface area contributed by atoms with E-state index in [0.29, 0.717) is 0 Å². The summed E-state index contributed by atoms with van der Waals surface area (Å²) >= 11 is 0. The first-order valence-electron chi connectivity index (χ1n) is 5.94. The van der Waals surface area contributed by atoms with Gasteiger partial charge in [0.05, 0.1) is 0 Å². The van der Waals surface area contributed by atoms with Crippen LogP contribution in [0.25, 0.3) is 0 Å². The van der Waals surface area contributed by atoms with E-state index in [1.165, 1.54) is 32.2 Å². The van der Waals surface area contributed by atoms with Crippen molar-refractivity contribution in [3.8, 4) is 0 Å². The Labute approximate surface area is 84.5 Å². The van der Waals surface area contributed by atoms with Gasteiger partial charge in [-0.15, -0.1) is 0 Å². The van der Waals surface area contributed by atoms with Gasteiger partial charge >= 0.3 is 0 Å². The van der Waals surface area contributed by atoms with Crippen LogP contribution in [-0.2, 0) is 0 Å². The summed E-state index contributed by atoms with van der Waals surface area (Å²) in [6.45, 7) is 9.97. The van der Waals surface area contributed by atoms with E-state index in [2.05, 4.69) is 25.8 Å². The van der Waals surface area contributed by atoms with Crippen molar-refractivity contribution >= 4 is 0 Å². The Morgan fingerprint density at radius 1 is 1.15 bits per heavy atom. The molecule has 0 N–H and O–H groups in total. The fourth-order valence-electron chi connectivity index (χ4n) is 1.86. The first-order valence-corrected chi connectivity index (χ1v) is 5.94. The van der Waals surface area contributed by atoms with Gasteiger partial charge in [0.2, 0.25) is 0 Å². The van der Waals surface area contributed by atoms with Crippen LogP contribution in [0, 0.1) is 5.92 Å². The van der Waals surface area contributed by atoms with Crippen LogP contribution in [0.5, 0.6) is 0 Å². The van der Waals surface area contributed by atoms with E-state index in [1.54, 1.807) is 0 Å². The Hall–Kier alpha value is -0.0400. The summed E-state index contributed by atoms with van der Waals surface area (Å²) in [5, 5.41) is 0. The first-order chi connectivity index (χ1) is 6.24. The zero-order chi connectivity index (χ0) is 10.3. The Morgan fingerprint density at radius 3 is 2.31 bits per heavy atom. The molecular formula is C12H27N. The highest BCUT2D eigenvalue weighted by molar-refractivity contribution is 4.72. The van der Waals surface area contributed by atoms with Gasteiger partial charge < -0.3 is 4.90 Å². The quantitative estimate of drug-likeness (QED) is 0.604. The minimum atomic E-state index is 0.812. The average Bonchev–Trinajstić information content (AvgIpc) is 2.34. The molecule has 1 heteroatoms. The highest BCUT2D eigenvalue weighted by atomic mass is 15.1. The van der Waals surface area contributed by atoms with Gasteiger partial charge in [-0.05, 0) is 45.7 Å². The van der Waals surface area contributed by atoms with Gasteiger partial charge in [0.1, 0.15) is 0 Å². The zero-order valence-corrected chi connectivity index (χ0v) is 10.1. The fraction of sp³-hybridized carbons (Fsp3) is 1.00. The molecule has 1 fully saturated rings. The number of rotatable bonds is 1. The molecule has 0 amide bonds. The molecule has 80 valence electrons. The van der Waals surface area contributed by atoms with Crippen LogP contribution in [0.15, 0.2) is 0 Å². The molecule has 0 aromatic rings. The second-order valence-corrected chi connectivity index (χ2v) is 3.97. The molecule has 0 aromatic heterocycles. The molecule has 1 saturated heterocycles. The third-order valence-electron chi connectivity index (χ3n) is 3.21. The highest BCUT2D eigenvalue weighted by Gasteiger charge is 2.17. The van der Waals surface area contributed by atoms with E-state index < -0.39 is 0 Å². The van der Waals surface area contributed by atoms with Crippen molar-refractivity contribution in [1.29, 1.82) is 0 Å². The van der Waals surface area contributed by atoms with Crippen molar-refractivity contribution in [3.05, 3.63) is 0 Å². The fourth-order valence-corrected chi connectivity index (χ4v) is 1.86. The largest absolute Gasteiger partial charge is 0.304 e. The summed E-state index contributed by atoms with van der Waals surface area (Å²) in [4.78, 5) is 2.50. The summed E-state index contributed by atoms with van der Waals surface area (Å²) in [6.07, 6.45) is 5.63. The molecule has 1 aliphatic rings. The van der Waals surface area contributed by atoms with Crippen LogP contribution in [0.3, 0.4) is 0 Å². The highest BCUT2D eigenvalue weighted by Crippen LogP contribution is 2.22. The lowest BCUT2D eigenvalue weighted by Crippen LogP contribution is -2.27. The predicted molar refractivity (Wildman–Crippen MR) is 61.1 cm³/mol. The van der Waals surface area contributed by atoms with E-state index in [0.717, 1.165) is 12.0 Å². The molecular weight excluding hydrogens is 158 g/mol. The van der Waals surface area contributed by atoms with Gasteiger partial charge in [0.15, 0.2) is 0 Å². The maximum Gasteiger partial charge on any atom is 0.00639 e. The third-order valence-corrected chi connectivity index (χ3v) is 3.21.